The molecule has 0 atom stereocenters. The Hall–Kier alpha value is -3.85. The SMILES string of the molecule is COc1cc(NC(=O)C(=O)NC(C)(C)CCN2CCN(c3ccccc3)CC2)ccc1-c1cnco1. The summed E-state index contributed by atoms with van der Waals surface area (Å²) in [7, 11) is 1.53. The third-order valence-electron chi connectivity index (χ3n) is 6.36. The number of nitrogens with zero attached hydrogens (tertiary/aromatic N) is 3. The van der Waals surface area contributed by atoms with E-state index in [-0.39, 0.29) is 0 Å². The van der Waals surface area contributed by atoms with Crippen molar-refractivity contribution >= 4 is 23.2 Å². The van der Waals surface area contributed by atoms with Crippen molar-refractivity contribution in [3.63, 3.8) is 0 Å². The van der Waals surface area contributed by atoms with Crippen LogP contribution in [0.4, 0.5) is 11.4 Å². The van der Waals surface area contributed by atoms with Crippen LogP contribution in [0.2, 0.25) is 0 Å². The summed E-state index contributed by atoms with van der Waals surface area (Å²) in [5, 5.41) is 5.51. The van der Waals surface area contributed by atoms with E-state index in [1.807, 2.05) is 19.9 Å². The minimum atomic E-state index is -0.728. The van der Waals surface area contributed by atoms with Crippen LogP contribution in [-0.2, 0) is 9.59 Å². The fourth-order valence-corrected chi connectivity index (χ4v) is 4.24. The van der Waals surface area contributed by atoms with E-state index in [4.69, 9.17) is 9.15 Å². The molecule has 3 aromatic rings. The lowest BCUT2D eigenvalue weighted by Gasteiger charge is -2.37. The zero-order valence-electron chi connectivity index (χ0n) is 21.0. The topological polar surface area (TPSA) is 99.9 Å². The number of nitrogens with one attached hydrogen (secondary N) is 2. The van der Waals surface area contributed by atoms with Crippen LogP contribution in [0, 0.1) is 0 Å². The molecule has 190 valence electrons. The smallest absolute Gasteiger partial charge is 0.313 e. The summed E-state index contributed by atoms with van der Waals surface area (Å²) in [5.41, 5.74) is 1.87. The number of ether oxygens (including phenoxy) is 1. The number of piperazine rings is 1. The molecular formula is C27H33N5O4. The molecule has 1 saturated heterocycles. The highest BCUT2D eigenvalue weighted by molar-refractivity contribution is 6.39. The van der Waals surface area contributed by atoms with Crippen LogP contribution in [0.1, 0.15) is 20.3 Å². The fraction of sp³-hybridized carbons (Fsp3) is 0.370. The van der Waals surface area contributed by atoms with Crippen molar-refractivity contribution in [1.82, 2.24) is 15.2 Å². The predicted molar refractivity (Wildman–Crippen MR) is 139 cm³/mol. The maximum absolute atomic E-state index is 12.6. The molecule has 0 radical (unpaired) electrons. The molecule has 1 aliphatic heterocycles. The molecule has 2 amide bonds. The molecule has 2 heterocycles. The second-order valence-corrected chi connectivity index (χ2v) is 9.49. The first-order chi connectivity index (χ1) is 17.3. The van der Waals surface area contributed by atoms with Gasteiger partial charge in [-0.2, -0.15) is 0 Å². The Kier molecular flexibility index (Phi) is 7.90. The van der Waals surface area contributed by atoms with E-state index < -0.39 is 17.4 Å². The summed E-state index contributed by atoms with van der Waals surface area (Å²) >= 11 is 0. The van der Waals surface area contributed by atoms with E-state index >= 15 is 0 Å². The molecule has 4 rings (SSSR count). The largest absolute Gasteiger partial charge is 0.496 e. The molecule has 1 fully saturated rings. The van der Waals surface area contributed by atoms with Crippen molar-refractivity contribution in [2.45, 2.75) is 25.8 Å². The number of amides is 2. The maximum atomic E-state index is 12.6. The van der Waals surface area contributed by atoms with Gasteiger partial charge in [-0.05, 0) is 44.5 Å². The fourth-order valence-electron chi connectivity index (χ4n) is 4.24. The number of carbonyl (C=O) groups excluding carboxylic acids is 2. The van der Waals surface area contributed by atoms with Gasteiger partial charge in [0.1, 0.15) is 5.75 Å². The van der Waals surface area contributed by atoms with Crippen molar-refractivity contribution in [2.75, 3.05) is 50.1 Å². The third kappa shape index (κ3) is 6.42. The highest BCUT2D eigenvalue weighted by atomic mass is 16.5. The second kappa shape index (κ2) is 11.3. The van der Waals surface area contributed by atoms with Gasteiger partial charge in [0.25, 0.3) is 0 Å². The summed E-state index contributed by atoms with van der Waals surface area (Å²) < 4.78 is 10.7. The quantitative estimate of drug-likeness (QED) is 0.466. The zero-order chi connectivity index (χ0) is 25.5. The van der Waals surface area contributed by atoms with Gasteiger partial charge in [0, 0.05) is 55.7 Å². The van der Waals surface area contributed by atoms with Gasteiger partial charge in [0.05, 0.1) is 18.9 Å². The normalized spacial score (nSPS) is 14.4. The first-order valence-electron chi connectivity index (χ1n) is 12.1. The molecule has 0 saturated carbocycles. The van der Waals surface area contributed by atoms with Crippen molar-refractivity contribution in [3.05, 3.63) is 61.1 Å². The Labute approximate surface area is 211 Å². The van der Waals surface area contributed by atoms with Gasteiger partial charge in [-0.1, -0.05) is 18.2 Å². The van der Waals surface area contributed by atoms with E-state index in [2.05, 4.69) is 49.7 Å². The Bertz CT molecular complexity index is 1160. The highest BCUT2D eigenvalue weighted by Gasteiger charge is 2.26. The molecule has 36 heavy (non-hydrogen) atoms. The first-order valence-corrected chi connectivity index (χ1v) is 12.1. The van der Waals surface area contributed by atoms with Crippen LogP contribution < -0.4 is 20.3 Å². The predicted octanol–water partition coefficient (Wildman–Crippen LogP) is 3.40. The summed E-state index contributed by atoms with van der Waals surface area (Å²) in [4.78, 5) is 33.9. The molecule has 1 aliphatic rings. The van der Waals surface area contributed by atoms with E-state index in [0.29, 0.717) is 22.8 Å². The zero-order valence-corrected chi connectivity index (χ0v) is 21.0. The second-order valence-electron chi connectivity index (χ2n) is 9.49. The molecule has 1 aromatic heterocycles. The van der Waals surface area contributed by atoms with Gasteiger partial charge in [-0.3, -0.25) is 14.5 Å². The molecular weight excluding hydrogens is 458 g/mol. The number of hydrogen-bond acceptors (Lipinski definition) is 7. The van der Waals surface area contributed by atoms with Crippen LogP contribution in [0.5, 0.6) is 5.75 Å². The number of methoxy groups -OCH3 is 1. The minimum absolute atomic E-state index is 0.448. The number of para-hydroxylation sites is 1. The first kappa shape index (κ1) is 25.2. The molecule has 9 heteroatoms. The number of aromatic nitrogens is 1. The van der Waals surface area contributed by atoms with Gasteiger partial charge in [0.15, 0.2) is 12.2 Å². The van der Waals surface area contributed by atoms with E-state index in [0.717, 1.165) is 39.1 Å². The van der Waals surface area contributed by atoms with Crippen molar-refractivity contribution in [1.29, 1.82) is 0 Å². The van der Waals surface area contributed by atoms with Crippen LogP contribution in [-0.4, -0.2) is 67.1 Å². The van der Waals surface area contributed by atoms with Gasteiger partial charge in [-0.25, -0.2) is 4.98 Å². The number of rotatable bonds is 8. The molecule has 2 aromatic carbocycles. The summed E-state index contributed by atoms with van der Waals surface area (Å²) in [6.45, 7) is 8.59. The van der Waals surface area contributed by atoms with E-state index in [1.54, 1.807) is 24.4 Å². The number of anilines is 2. The van der Waals surface area contributed by atoms with Gasteiger partial charge >= 0.3 is 11.8 Å². The summed E-state index contributed by atoms with van der Waals surface area (Å²) in [6, 6.07) is 15.5. The van der Waals surface area contributed by atoms with Crippen molar-refractivity contribution < 1.29 is 18.7 Å². The Morgan fingerprint density at radius 2 is 1.81 bits per heavy atom. The number of oxazole rings is 1. The van der Waals surface area contributed by atoms with Crippen molar-refractivity contribution in [3.8, 4) is 17.1 Å². The molecule has 2 N–H and O–H groups in total. The highest BCUT2D eigenvalue weighted by Crippen LogP contribution is 2.32. The van der Waals surface area contributed by atoms with Gasteiger partial charge in [-0.15, -0.1) is 0 Å². The molecule has 0 spiro atoms. The van der Waals surface area contributed by atoms with Crippen LogP contribution >= 0.6 is 0 Å². The van der Waals surface area contributed by atoms with Crippen molar-refractivity contribution in [2.24, 2.45) is 0 Å². The molecule has 0 unspecified atom stereocenters. The lowest BCUT2D eigenvalue weighted by atomic mass is 10.00. The summed E-state index contributed by atoms with van der Waals surface area (Å²) in [5.74, 6) is -0.357. The lowest BCUT2D eigenvalue weighted by molar-refractivity contribution is -0.137. The Balaban J connectivity index is 1.25. The minimum Gasteiger partial charge on any atom is -0.496 e. The number of carbonyl (C=O) groups is 2. The van der Waals surface area contributed by atoms with E-state index in [9.17, 15) is 9.59 Å². The maximum Gasteiger partial charge on any atom is 0.313 e. The monoisotopic (exact) mass is 491 g/mol. The van der Waals surface area contributed by atoms with Gasteiger partial charge < -0.3 is 24.7 Å². The molecule has 9 nitrogen and oxygen atoms in total. The van der Waals surface area contributed by atoms with E-state index in [1.165, 1.54) is 19.2 Å². The number of benzene rings is 2. The third-order valence-corrected chi connectivity index (χ3v) is 6.36. The molecule has 0 aliphatic carbocycles. The average molecular weight is 492 g/mol. The van der Waals surface area contributed by atoms with Crippen LogP contribution in [0.3, 0.4) is 0 Å². The Morgan fingerprint density at radius 1 is 1.06 bits per heavy atom. The van der Waals surface area contributed by atoms with Crippen LogP contribution in [0.25, 0.3) is 11.3 Å². The lowest BCUT2D eigenvalue weighted by Crippen LogP contribution is -2.51. The number of hydrogen-bond donors (Lipinski definition) is 2. The molecule has 0 bridgehead atoms. The standard InChI is InChI=1S/C27H33N5O4/c1-27(2,11-12-31-13-15-32(16-14-31)21-7-5-4-6-8-21)30-26(34)25(33)29-20-9-10-22(23(17-20)35-3)24-18-28-19-36-24/h4-10,17-19H,11-16H2,1-3H3,(H,29,33)(H,30,34). The van der Waals surface area contributed by atoms with Gasteiger partial charge in [0.2, 0.25) is 0 Å². The van der Waals surface area contributed by atoms with Crippen LogP contribution in [0.15, 0.2) is 65.5 Å². The summed E-state index contributed by atoms with van der Waals surface area (Å²) in [6.07, 6.45) is 3.65. The average Bonchev–Trinajstić information content (AvgIpc) is 3.43. The Morgan fingerprint density at radius 3 is 2.47 bits per heavy atom.